The molecule has 3 rings (SSSR count). The highest BCUT2D eigenvalue weighted by Gasteiger charge is 2.44. The number of carbonyl (C=O) groups excluding carboxylic acids is 2. The predicted octanol–water partition coefficient (Wildman–Crippen LogP) is 4.21. The molecule has 0 aliphatic carbocycles. The lowest BCUT2D eigenvalue weighted by atomic mass is 9.78. The Balaban J connectivity index is 1.80. The molecule has 1 atom stereocenters. The standard InChI is InChI=1S/C23H26Cl3N3O5S/c1-23(2,16-11-17(25)19(18(26)12-16)34-10-9-24)15-7-5-14(6-8-15)13-29-21(30)20(27-35(4,32)33)28(3)22(29)31/h5-8,11-12,20,27H,9-10,13H2,1-4H3. The van der Waals surface area contributed by atoms with E-state index < -0.39 is 33.5 Å². The van der Waals surface area contributed by atoms with E-state index in [2.05, 4.69) is 4.72 Å². The van der Waals surface area contributed by atoms with Gasteiger partial charge in [-0.25, -0.2) is 13.2 Å². The lowest BCUT2D eigenvalue weighted by Crippen LogP contribution is -2.46. The fourth-order valence-electron chi connectivity index (χ4n) is 3.76. The molecular weight excluding hydrogens is 537 g/mol. The number of hydrogen-bond donors (Lipinski definition) is 1. The van der Waals surface area contributed by atoms with Crippen LogP contribution in [0.5, 0.6) is 5.75 Å². The summed E-state index contributed by atoms with van der Waals surface area (Å²) in [4.78, 5) is 27.3. The van der Waals surface area contributed by atoms with Crippen LogP contribution in [-0.4, -0.2) is 62.1 Å². The minimum atomic E-state index is -3.68. The molecule has 1 N–H and O–H groups in total. The highest BCUT2D eigenvalue weighted by atomic mass is 35.5. The maximum Gasteiger partial charge on any atom is 0.328 e. The van der Waals surface area contributed by atoms with Crippen molar-refractivity contribution in [3.63, 3.8) is 0 Å². The molecule has 1 heterocycles. The number of hydrogen-bond acceptors (Lipinski definition) is 5. The van der Waals surface area contributed by atoms with E-state index in [-0.39, 0.29) is 13.2 Å². The van der Waals surface area contributed by atoms with Gasteiger partial charge in [-0.1, -0.05) is 61.3 Å². The summed E-state index contributed by atoms with van der Waals surface area (Å²) >= 11 is 18.5. The van der Waals surface area contributed by atoms with E-state index in [0.717, 1.165) is 27.2 Å². The second-order valence-corrected chi connectivity index (χ2v) is 11.7. The number of rotatable bonds is 9. The molecule has 3 amide bonds. The van der Waals surface area contributed by atoms with Crippen LogP contribution in [0.3, 0.4) is 0 Å². The van der Waals surface area contributed by atoms with Crippen molar-refractivity contribution in [2.24, 2.45) is 0 Å². The Hall–Kier alpha value is -2.04. The molecule has 0 saturated carbocycles. The van der Waals surface area contributed by atoms with Gasteiger partial charge < -0.3 is 9.64 Å². The van der Waals surface area contributed by atoms with Crippen molar-refractivity contribution in [3.8, 4) is 5.75 Å². The van der Waals surface area contributed by atoms with E-state index in [1.54, 1.807) is 12.1 Å². The molecule has 2 aromatic carbocycles. The van der Waals surface area contributed by atoms with Gasteiger partial charge in [-0.15, -0.1) is 11.6 Å². The first-order valence-corrected chi connectivity index (χ1v) is 13.8. The Morgan fingerprint density at radius 1 is 1.06 bits per heavy atom. The van der Waals surface area contributed by atoms with Gasteiger partial charge in [-0.3, -0.25) is 9.69 Å². The van der Waals surface area contributed by atoms with Crippen LogP contribution in [0.4, 0.5) is 4.79 Å². The smallest absolute Gasteiger partial charge is 0.328 e. The molecule has 0 radical (unpaired) electrons. The quantitative estimate of drug-likeness (QED) is 0.365. The molecule has 0 spiro atoms. The van der Waals surface area contributed by atoms with Crippen LogP contribution in [0.2, 0.25) is 10.0 Å². The number of urea groups is 1. The number of carbonyl (C=O) groups is 2. The van der Waals surface area contributed by atoms with E-state index in [4.69, 9.17) is 39.5 Å². The first kappa shape index (κ1) is 27.5. The first-order chi connectivity index (χ1) is 16.3. The van der Waals surface area contributed by atoms with Gasteiger partial charge in [0.2, 0.25) is 10.0 Å². The number of benzene rings is 2. The van der Waals surface area contributed by atoms with Gasteiger partial charge in [0.15, 0.2) is 11.9 Å². The number of likely N-dealkylation sites (N-methyl/N-ethyl adjacent to an activating group) is 1. The summed E-state index contributed by atoms with van der Waals surface area (Å²) in [6.45, 7) is 4.34. The number of sulfonamides is 1. The summed E-state index contributed by atoms with van der Waals surface area (Å²) in [6.07, 6.45) is -0.329. The topological polar surface area (TPSA) is 96.0 Å². The monoisotopic (exact) mass is 561 g/mol. The average Bonchev–Trinajstić information content (AvgIpc) is 2.96. The van der Waals surface area contributed by atoms with Crippen molar-refractivity contribution in [2.45, 2.75) is 32.0 Å². The minimum Gasteiger partial charge on any atom is -0.489 e. The molecule has 0 bridgehead atoms. The first-order valence-electron chi connectivity index (χ1n) is 10.6. The zero-order valence-electron chi connectivity index (χ0n) is 19.6. The lowest BCUT2D eigenvalue weighted by Gasteiger charge is -2.27. The molecule has 190 valence electrons. The number of nitrogens with zero attached hydrogens (tertiary/aromatic N) is 2. The molecule has 1 unspecified atom stereocenters. The predicted molar refractivity (Wildman–Crippen MR) is 137 cm³/mol. The van der Waals surface area contributed by atoms with Gasteiger partial charge in [0.25, 0.3) is 5.91 Å². The maximum atomic E-state index is 12.7. The molecule has 1 fully saturated rings. The molecule has 1 aliphatic heterocycles. The van der Waals surface area contributed by atoms with Gasteiger partial charge in [0, 0.05) is 12.5 Å². The Bertz CT molecular complexity index is 1210. The van der Waals surface area contributed by atoms with Gasteiger partial charge >= 0.3 is 6.03 Å². The number of imide groups is 1. The third-order valence-electron chi connectivity index (χ3n) is 5.81. The average molecular weight is 563 g/mol. The molecular formula is C23H26Cl3N3O5S. The highest BCUT2D eigenvalue weighted by molar-refractivity contribution is 7.88. The van der Waals surface area contributed by atoms with E-state index >= 15 is 0 Å². The minimum absolute atomic E-state index is 0.00885. The van der Waals surface area contributed by atoms with Crippen molar-refractivity contribution >= 4 is 56.8 Å². The molecule has 0 aromatic heterocycles. The summed E-state index contributed by atoms with van der Waals surface area (Å²) in [7, 11) is -2.31. The highest BCUT2D eigenvalue weighted by Crippen LogP contribution is 2.40. The molecule has 2 aromatic rings. The maximum absolute atomic E-state index is 12.7. The van der Waals surface area contributed by atoms with Crippen molar-refractivity contribution in [1.82, 2.24) is 14.5 Å². The summed E-state index contributed by atoms with van der Waals surface area (Å²) < 4.78 is 30.8. The second kappa shape index (κ2) is 10.5. The van der Waals surface area contributed by atoms with Crippen LogP contribution >= 0.6 is 34.8 Å². The van der Waals surface area contributed by atoms with Crippen molar-refractivity contribution in [3.05, 3.63) is 63.1 Å². The second-order valence-electron chi connectivity index (χ2n) is 8.74. The summed E-state index contributed by atoms with van der Waals surface area (Å²) in [5.74, 6) is 0.0667. The van der Waals surface area contributed by atoms with Gasteiger partial charge in [-0.2, -0.15) is 4.72 Å². The molecule has 12 heteroatoms. The zero-order chi connectivity index (χ0) is 26.1. The summed E-state index contributed by atoms with van der Waals surface area (Å²) in [5, 5.41) is 0.768. The Morgan fingerprint density at radius 3 is 2.14 bits per heavy atom. The number of alkyl halides is 1. The largest absolute Gasteiger partial charge is 0.489 e. The summed E-state index contributed by atoms with van der Waals surface area (Å²) in [6, 6.07) is 10.5. The number of ether oxygens (including phenoxy) is 1. The van der Waals surface area contributed by atoms with Crippen LogP contribution in [0.1, 0.15) is 30.5 Å². The van der Waals surface area contributed by atoms with Crippen molar-refractivity contribution in [1.29, 1.82) is 0 Å². The molecule has 1 saturated heterocycles. The van der Waals surface area contributed by atoms with Crippen LogP contribution in [0.25, 0.3) is 0 Å². The third-order valence-corrected chi connectivity index (χ3v) is 7.17. The van der Waals surface area contributed by atoms with Crippen LogP contribution in [-0.2, 0) is 26.8 Å². The Labute approximate surface area is 220 Å². The van der Waals surface area contributed by atoms with Crippen molar-refractivity contribution in [2.75, 3.05) is 25.8 Å². The molecule has 35 heavy (non-hydrogen) atoms. The van der Waals surface area contributed by atoms with Gasteiger partial charge in [-0.05, 0) is 28.8 Å². The van der Waals surface area contributed by atoms with E-state index in [1.165, 1.54) is 7.05 Å². The van der Waals surface area contributed by atoms with E-state index in [9.17, 15) is 18.0 Å². The lowest BCUT2D eigenvalue weighted by molar-refractivity contribution is -0.128. The number of amides is 3. The Morgan fingerprint density at radius 2 is 1.63 bits per heavy atom. The van der Waals surface area contributed by atoms with Crippen LogP contribution in [0.15, 0.2) is 36.4 Å². The SMILES string of the molecule is CN1C(=O)N(Cc2ccc(C(C)(C)c3cc(Cl)c(OCCCl)c(Cl)c3)cc2)C(=O)C1NS(C)(=O)=O. The third kappa shape index (κ3) is 6.03. The zero-order valence-corrected chi connectivity index (χ0v) is 22.7. The van der Waals surface area contributed by atoms with Crippen molar-refractivity contribution < 1.29 is 22.7 Å². The molecule has 1 aliphatic rings. The van der Waals surface area contributed by atoms with Gasteiger partial charge in [0.05, 0.1) is 28.7 Å². The Kier molecular flexibility index (Phi) is 8.28. The normalized spacial score (nSPS) is 16.8. The van der Waals surface area contributed by atoms with Crippen LogP contribution in [0, 0.1) is 0 Å². The summed E-state index contributed by atoms with van der Waals surface area (Å²) in [5.41, 5.74) is 2.07. The fraction of sp³-hybridized carbons (Fsp3) is 0.391. The van der Waals surface area contributed by atoms with E-state index in [1.807, 2.05) is 38.1 Å². The fourth-order valence-corrected chi connectivity index (χ4v) is 5.10. The van der Waals surface area contributed by atoms with Crippen LogP contribution < -0.4 is 9.46 Å². The number of halogens is 3. The van der Waals surface area contributed by atoms with E-state index in [0.29, 0.717) is 27.2 Å². The number of nitrogens with one attached hydrogen (secondary N) is 1. The van der Waals surface area contributed by atoms with Gasteiger partial charge in [0.1, 0.15) is 6.61 Å². The molecule has 8 nitrogen and oxygen atoms in total.